The lowest BCUT2D eigenvalue weighted by molar-refractivity contribution is -0.121. The smallest absolute Gasteiger partial charge is 0.220 e. The Labute approximate surface area is 125 Å². The van der Waals surface area contributed by atoms with Crippen molar-refractivity contribution in [1.29, 1.82) is 0 Å². The highest BCUT2D eigenvalue weighted by Crippen LogP contribution is 2.09. The van der Waals surface area contributed by atoms with Crippen molar-refractivity contribution in [3.05, 3.63) is 70.5 Å². The fourth-order valence-electron chi connectivity index (χ4n) is 2.05. The minimum Gasteiger partial charge on any atom is -0.352 e. The van der Waals surface area contributed by atoms with Gasteiger partial charge in [0, 0.05) is 13.0 Å². The highest BCUT2D eigenvalue weighted by molar-refractivity contribution is 5.76. The molecule has 2 aromatic rings. The molecule has 1 N–H and O–H groups in total. The molecular weight excluding hydrogens is 265 g/mol. The van der Waals surface area contributed by atoms with Gasteiger partial charge in [-0.05, 0) is 43.0 Å². The van der Waals surface area contributed by atoms with E-state index < -0.39 is 0 Å². The summed E-state index contributed by atoms with van der Waals surface area (Å²) in [4.78, 5) is 11.8. The Morgan fingerprint density at radius 2 is 1.71 bits per heavy atom. The number of halogens is 1. The van der Waals surface area contributed by atoms with Gasteiger partial charge in [0.05, 0.1) is 0 Å². The van der Waals surface area contributed by atoms with Gasteiger partial charge in [0.1, 0.15) is 5.82 Å². The van der Waals surface area contributed by atoms with E-state index in [0.29, 0.717) is 24.9 Å². The number of carbonyl (C=O) groups excluding carboxylic acids is 1. The molecule has 0 atom stereocenters. The van der Waals surface area contributed by atoms with Crippen LogP contribution in [0.5, 0.6) is 0 Å². The lowest BCUT2D eigenvalue weighted by Crippen LogP contribution is -2.23. The van der Waals surface area contributed by atoms with Crippen LogP contribution < -0.4 is 5.32 Å². The molecule has 0 bridgehead atoms. The Morgan fingerprint density at radius 1 is 1.05 bits per heavy atom. The Bertz CT molecular complexity index is 620. The summed E-state index contributed by atoms with van der Waals surface area (Å²) in [7, 11) is 0. The maximum Gasteiger partial charge on any atom is 0.220 e. The van der Waals surface area contributed by atoms with Gasteiger partial charge in [-0.2, -0.15) is 0 Å². The fourth-order valence-corrected chi connectivity index (χ4v) is 2.05. The second-order valence-electron chi connectivity index (χ2n) is 5.35. The minimum absolute atomic E-state index is 0.0171. The number of nitrogens with one attached hydrogen (secondary N) is 1. The average Bonchev–Trinajstić information content (AvgIpc) is 2.48. The molecule has 0 aliphatic carbocycles. The van der Waals surface area contributed by atoms with Crippen LogP contribution in [0.3, 0.4) is 0 Å². The van der Waals surface area contributed by atoms with Crippen LogP contribution in [0.4, 0.5) is 4.39 Å². The van der Waals surface area contributed by atoms with Gasteiger partial charge in [0.15, 0.2) is 0 Å². The third-order valence-corrected chi connectivity index (χ3v) is 3.49. The Balaban J connectivity index is 1.79. The molecule has 2 nitrogen and oxygen atoms in total. The second kappa shape index (κ2) is 7.02. The Kier molecular flexibility index (Phi) is 5.09. The molecule has 0 unspecified atom stereocenters. The van der Waals surface area contributed by atoms with Crippen molar-refractivity contribution in [1.82, 2.24) is 5.32 Å². The summed E-state index contributed by atoms with van der Waals surface area (Å²) in [6, 6.07) is 13.2. The molecule has 2 aromatic carbocycles. The van der Waals surface area contributed by atoms with Crippen LogP contribution in [-0.4, -0.2) is 5.91 Å². The molecule has 0 heterocycles. The predicted octanol–water partition coefficient (Wildman–Crippen LogP) is 3.69. The standard InChI is InChI=1S/C18H20FNO/c1-13-3-6-15(7-4-13)9-10-18(21)20-12-16-8-5-14(2)17(19)11-16/h3-8,11H,9-10,12H2,1-2H3,(H,20,21). The monoisotopic (exact) mass is 285 g/mol. The highest BCUT2D eigenvalue weighted by Gasteiger charge is 2.04. The molecule has 0 aliphatic heterocycles. The molecule has 3 heteroatoms. The van der Waals surface area contributed by atoms with E-state index in [4.69, 9.17) is 0 Å². The van der Waals surface area contributed by atoms with Crippen molar-refractivity contribution < 1.29 is 9.18 Å². The summed E-state index contributed by atoms with van der Waals surface area (Å²) in [5.41, 5.74) is 3.76. The maximum absolute atomic E-state index is 13.4. The van der Waals surface area contributed by atoms with Gasteiger partial charge in [-0.25, -0.2) is 4.39 Å². The molecule has 1 amide bonds. The number of hydrogen-bond acceptors (Lipinski definition) is 1. The van der Waals surface area contributed by atoms with E-state index in [1.807, 2.05) is 37.3 Å². The average molecular weight is 285 g/mol. The van der Waals surface area contributed by atoms with Gasteiger partial charge in [0.2, 0.25) is 5.91 Å². The quantitative estimate of drug-likeness (QED) is 0.892. The molecule has 21 heavy (non-hydrogen) atoms. The number of aryl methyl sites for hydroxylation is 3. The summed E-state index contributed by atoms with van der Waals surface area (Å²) in [5, 5.41) is 2.82. The van der Waals surface area contributed by atoms with E-state index in [1.54, 1.807) is 13.0 Å². The number of carbonyl (C=O) groups is 1. The zero-order valence-electron chi connectivity index (χ0n) is 12.4. The number of hydrogen-bond donors (Lipinski definition) is 1. The molecule has 0 aromatic heterocycles. The van der Waals surface area contributed by atoms with Crippen LogP contribution in [0.2, 0.25) is 0 Å². The molecule has 0 spiro atoms. The first kappa shape index (κ1) is 15.2. The van der Waals surface area contributed by atoms with Gasteiger partial charge >= 0.3 is 0 Å². The Morgan fingerprint density at radius 3 is 2.38 bits per heavy atom. The van der Waals surface area contributed by atoms with E-state index in [2.05, 4.69) is 5.32 Å². The molecular formula is C18H20FNO. The second-order valence-corrected chi connectivity index (χ2v) is 5.35. The summed E-state index contributed by atoms with van der Waals surface area (Å²) >= 11 is 0. The van der Waals surface area contributed by atoms with Crippen molar-refractivity contribution in [3.63, 3.8) is 0 Å². The summed E-state index contributed by atoms with van der Waals surface area (Å²) in [6.07, 6.45) is 1.16. The van der Waals surface area contributed by atoms with Crippen molar-refractivity contribution in [2.45, 2.75) is 33.2 Å². The first-order valence-corrected chi connectivity index (χ1v) is 7.12. The molecule has 0 fully saturated rings. The topological polar surface area (TPSA) is 29.1 Å². The van der Waals surface area contributed by atoms with Crippen molar-refractivity contribution in [3.8, 4) is 0 Å². The summed E-state index contributed by atoms with van der Waals surface area (Å²) in [5.74, 6) is -0.252. The van der Waals surface area contributed by atoms with Gasteiger partial charge in [-0.3, -0.25) is 4.79 Å². The largest absolute Gasteiger partial charge is 0.352 e. The molecule has 0 aliphatic rings. The van der Waals surface area contributed by atoms with Gasteiger partial charge in [-0.1, -0.05) is 42.0 Å². The van der Waals surface area contributed by atoms with Gasteiger partial charge in [0.25, 0.3) is 0 Å². The van der Waals surface area contributed by atoms with Crippen molar-refractivity contribution in [2.24, 2.45) is 0 Å². The zero-order chi connectivity index (χ0) is 15.2. The van der Waals surface area contributed by atoms with Gasteiger partial charge in [-0.15, -0.1) is 0 Å². The van der Waals surface area contributed by atoms with Crippen LogP contribution in [0.25, 0.3) is 0 Å². The molecule has 2 rings (SSSR count). The van der Waals surface area contributed by atoms with Crippen molar-refractivity contribution >= 4 is 5.91 Å². The number of amides is 1. The molecule has 0 radical (unpaired) electrons. The zero-order valence-corrected chi connectivity index (χ0v) is 12.4. The third-order valence-electron chi connectivity index (χ3n) is 3.49. The van der Waals surface area contributed by atoms with Crippen LogP contribution in [0.1, 0.15) is 28.7 Å². The van der Waals surface area contributed by atoms with Gasteiger partial charge < -0.3 is 5.32 Å². The fraction of sp³-hybridized carbons (Fsp3) is 0.278. The first-order chi connectivity index (χ1) is 10.0. The molecule has 0 saturated carbocycles. The highest BCUT2D eigenvalue weighted by atomic mass is 19.1. The number of rotatable bonds is 5. The van der Waals surface area contributed by atoms with E-state index in [9.17, 15) is 9.18 Å². The van der Waals surface area contributed by atoms with E-state index >= 15 is 0 Å². The van der Waals surface area contributed by atoms with Crippen LogP contribution in [0.15, 0.2) is 42.5 Å². The molecule has 0 saturated heterocycles. The van der Waals surface area contributed by atoms with E-state index in [0.717, 1.165) is 11.1 Å². The summed E-state index contributed by atoms with van der Waals surface area (Å²) < 4.78 is 13.4. The van der Waals surface area contributed by atoms with E-state index in [-0.39, 0.29) is 11.7 Å². The normalized spacial score (nSPS) is 10.4. The SMILES string of the molecule is Cc1ccc(CCC(=O)NCc2ccc(C)c(F)c2)cc1. The molecule has 110 valence electrons. The van der Waals surface area contributed by atoms with Crippen molar-refractivity contribution in [2.75, 3.05) is 0 Å². The predicted molar refractivity (Wildman–Crippen MR) is 82.5 cm³/mol. The van der Waals surface area contributed by atoms with E-state index in [1.165, 1.54) is 11.6 Å². The van der Waals surface area contributed by atoms with Crippen LogP contribution >= 0.6 is 0 Å². The van der Waals surface area contributed by atoms with Crippen LogP contribution in [-0.2, 0) is 17.8 Å². The first-order valence-electron chi connectivity index (χ1n) is 7.12. The minimum atomic E-state index is -0.235. The third kappa shape index (κ3) is 4.71. The number of benzene rings is 2. The Hall–Kier alpha value is -2.16. The lowest BCUT2D eigenvalue weighted by atomic mass is 10.1. The maximum atomic E-state index is 13.4. The lowest BCUT2D eigenvalue weighted by Gasteiger charge is -2.07. The van der Waals surface area contributed by atoms with Crippen LogP contribution in [0, 0.1) is 19.7 Å². The summed E-state index contributed by atoms with van der Waals surface area (Å²) in [6.45, 7) is 4.13.